The lowest BCUT2D eigenvalue weighted by molar-refractivity contribution is -0.139. The van der Waals surface area contributed by atoms with Crippen LogP contribution in [0.25, 0.3) is 0 Å². The molecule has 1 aliphatic carbocycles. The number of nitrogens with one attached hydrogen (secondary N) is 1. The first-order valence-corrected chi connectivity index (χ1v) is 15.0. The second kappa shape index (κ2) is 12.2. The van der Waals surface area contributed by atoms with Gasteiger partial charge < -0.3 is 10.2 Å². The molecule has 0 radical (unpaired) electrons. The average Bonchev–Trinajstić information content (AvgIpc) is 3.31. The Bertz CT molecular complexity index is 1240. The van der Waals surface area contributed by atoms with Crippen molar-refractivity contribution in [3.63, 3.8) is 0 Å². The molecule has 2 aromatic rings. The number of benzene rings is 2. The van der Waals surface area contributed by atoms with E-state index in [0.29, 0.717) is 21.3 Å². The molecule has 0 aliphatic heterocycles. The van der Waals surface area contributed by atoms with Gasteiger partial charge in [-0.3, -0.25) is 13.9 Å². The molecule has 7 nitrogen and oxygen atoms in total. The second-order valence-electron chi connectivity index (χ2n) is 9.14. The van der Waals surface area contributed by atoms with Gasteiger partial charge in [0, 0.05) is 17.1 Å². The Kier molecular flexibility index (Phi) is 9.71. The fourth-order valence-electron chi connectivity index (χ4n) is 4.21. The van der Waals surface area contributed by atoms with Crippen molar-refractivity contribution >= 4 is 66.7 Å². The van der Waals surface area contributed by atoms with E-state index in [9.17, 15) is 18.0 Å². The molecule has 0 bridgehead atoms. The van der Waals surface area contributed by atoms with Crippen LogP contribution in [-0.4, -0.2) is 50.0 Å². The van der Waals surface area contributed by atoms with Crippen molar-refractivity contribution < 1.29 is 18.0 Å². The van der Waals surface area contributed by atoms with Crippen molar-refractivity contribution in [2.24, 2.45) is 0 Å². The first-order chi connectivity index (χ1) is 16.9. The minimum Gasteiger partial charge on any atom is -0.352 e. The molecule has 3 rings (SSSR count). The molecular weight excluding hydrogens is 589 g/mol. The average molecular weight is 619 g/mol. The predicted molar refractivity (Wildman–Crippen MR) is 148 cm³/mol. The Morgan fingerprint density at radius 1 is 1.11 bits per heavy atom. The summed E-state index contributed by atoms with van der Waals surface area (Å²) >= 11 is 15.6. The maximum atomic E-state index is 13.6. The molecule has 2 aromatic carbocycles. The molecule has 1 N–H and O–H groups in total. The summed E-state index contributed by atoms with van der Waals surface area (Å²) in [5.74, 6) is -0.790. The summed E-state index contributed by atoms with van der Waals surface area (Å²) in [6.45, 7) is 3.09. The van der Waals surface area contributed by atoms with E-state index in [1.807, 2.05) is 6.92 Å². The third kappa shape index (κ3) is 7.37. The number of nitrogens with zero attached hydrogens (tertiary/aromatic N) is 2. The van der Waals surface area contributed by atoms with Gasteiger partial charge in [0.05, 0.1) is 22.0 Å². The highest BCUT2D eigenvalue weighted by Crippen LogP contribution is 2.27. The minimum absolute atomic E-state index is 0.0615. The van der Waals surface area contributed by atoms with Gasteiger partial charge in [-0.15, -0.1) is 0 Å². The molecule has 1 atom stereocenters. The SMILES string of the molecule is Cc1cc(N(CC(=O)N(Cc2ccc(Cl)c(Cl)c2)C(C)C(=O)NC2CCCC2)S(C)(=O)=O)ccc1Br. The van der Waals surface area contributed by atoms with E-state index in [-0.39, 0.29) is 18.5 Å². The Balaban J connectivity index is 1.91. The molecule has 0 saturated heterocycles. The smallest absolute Gasteiger partial charge is 0.244 e. The van der Waals surface area contributed by atoms with Gasteiger partial charge in [0.2, 0.25) is 21.8 Å². The summed E-state index contributed by atoms with van der Waals surface area (Å²) in [5, 5.41) is 3.73. The number of anilines is 1. The maximum absolute atomic E-state index is 13.6. The summed E-state index contributed by atoms with van der Waals surface area (Å²) in [5.41, 5.74) is 1.86. The Morgan fingerprint density at radius 3 is 2.36 bits per heavy atom. The number of sulfonamides is 1. The Labute approximate surface area is 231 Å². The quantitative estimate of drug-likeness (QED) is 0.413. The highest BCUT2D eigenvalue weighted by Gasteiger charge is 2.31. The van der Waals surface area contributed by atoms with Gasteiger partial charge in [-0.25, -0.2) is 8.42 Å². The van der Waals surface area contributed by atoms with Gasteiger partial charge >= 0.3 is 0 Å². The maximum Gasteiger partial charge on any atom is 0.244 e. The highest BCUT2D eigenvalue weighted by molar-refractivity contribution is 9.10. The number of hydrogen-bond donors (Lipinski definition) is 1. The van der Waals surface area contributed by atoms with Crippen molar-refractivity contribution in [3.8, 4) is 0 Å². The van der Waals surface area contributed by atoms with E-state index >= 15 is 0 Å². The van der Waals surface area contributed by atoms with Crippen molar-refractivity contribution in [2.75, 3.05) is 17.1 Å². The van der Waals surface area contributed by atoms with Crippen LogP contribution >= 0.6 is 39.1 Å². The van der Waals surface area contributed by atoms with E-state index in [0.717, 1.165) is 46.3 Å². The Morgan fingerprint density at radius 2 is 1.78 bits per heavy atom. The lowest BCUT2D eigenvalue weighted by Gasteiger charge is -2.32. The number of carbonyl (C=O) groups excluding carboxylic acids is 2. The van der Waals surface area contributed by atoms with Crippen LogP contribution in [0.2, 0.25) is 10.0 Å². The summed E-state index contributed by atoms with van der Waals surface area (Å²) in [4.78, 5) is 28.1. The van der Waals surface area contributed by atoms with E-state index in [2.05, 4.69) is 21.2 Å². The van der Waals surface area contributed by atoms with Crippen LogP contribution in [0, 0.1) is 6.92 Å². The summed E-state index contributed by atoms with van der Waals surface area (Å²) in [7, 11) is -3.79. The van der Waals surface area contributed by atoms with Crippen molar-refractivity contribution in [2.45, 2.75) is 58.2 Å². The number of amides is 2. The van der Waals surface area contributed by atoms with Gasteiger partial charge in [0.15, 0.2) is 0 Å². The molecule has 1 aliphatic rings. The summed E-state index contributed by atoms with van der Waals surface area (Å²) in [6.07, 6.45) is 4.98. The Hall–Kier alpha value is -1.81. The number of halogens is 3. The van der Waals surface area contributed by atoms with Crippen LogP contribution in [0.3, 0.4) is 0 Å². The standard InChI is InChI=1S/C25H30BrCl2N3O4S/c1-16-12-20(9-10-21(16)26)31(36(3,34)35)15-24(32)30(14-18-8-11-22(27)23(28)13-18)17(2)25(33)29-19-6-4-5-7-19/h8-13,17,19H,4-7,14-15H2,1-3H3,(H,29,33). The molecule has 0 spiro atoms. The predicted octanol–water partition coefficient (Wildman–Crippen LogP) is 5.31. The second-order valence-corrected chi connectivity index (χ2v) is 12.7. The fourth-order valence-corrected chi connectivity index (χ4v) is 5.62. The van der Waals surface area contributed by atoms with Crippen molar-refractivity contribution in [3.05, 3.63) is 62.0 Å². The van der Waals surface area contributed by atoms with Gasteiger partial charge in [-0.2, -0.15) is 0 Å². The minimum atomic E-state index is -3.79. The lowest BCUT2D eigenvalue weighted by atomic mass is 10.1. The first kappa shape index (κ1) is 28.8. The van der Waals surface area contributed by atoms with E-state index in [4.69, 9.17) is 23.2 Å². The van der Waals surface area contributed by atoms with Gasteiger partial charge in [-0.1, -0.05) is 58.0 Å². The molecule has 36 heavy (non-hydrogen) atoms. The largest absolute Gasteiger partial charge is 0.352 e. The third-order valence-electron chi connectivity index (χ3n) is 6.31. The lowest BCUT2D eigenvalue weighted by Crippen LogP contribution is -2.52. The van der Waals surface area contributed by atoms with Crippen LogP contribution in [0.15, 0.2) is 40.9 Å². The summed E-state index contributed by atoms with van der Waals surface area (Å²) < 4.78 is 27.3. The summed E-state index contributed by atoms with van der Waals surface area (Å²) in [6, 6.07) is 9.29. The zero-order valence-electron chi connectivity index (χ0n) is 20.4. The molecule has 196 valence electrons. The third-order valence-corrected chi connectivity index (χ3v) is 9.08. The number of hydrogen-bond acceptors (Lipinski definition) is 4. The zero-order valence-corrected chi connectivity index (χ0v) is 24.3. The van der Waals surface area contributed by atoms with Crippen molar-refractivity contribution in [1.29, 1.82) is 0 Å². The van der Waals surface area contributed by atoms with E-state index in [1.54, 1.807) is 43.3 Å². The molecule has 1 unspecified atom stereocenters. The number of carbonyl (C=O) groups is 2. The molecule has 0 aromatic heterocycles. The highest BCUT2D eigenvalue weighted by atomic mass is 79.9. The fraction of sp³-hybridized carbons (Fsp3) is 0.440. The normalized spacial score (nSPS) is 14.9. The van der Waals surface area contributed by atoms with Crippen LogP contribution in [0.4, 0.5) is 5.69 Å². The van der Waals surface area contributed by atoms with Crippen LogP contribution in [0.1, 0.15) is 43.7 Å². The first-order valence-electron chi connectivity index (χ1n) is 11.6. The topological polar surface area (TPSA) is 86.8 Å². The van der Waals surface area contributed by atoms with Crippen LogP contribution in [-0.2, 0) is 26.2 Å². The van der Waals surface area contributed by atoms with Gasteiger partial charge in [-0.05, 0) is 68.1 Å². The van der Waals surface area contributed by atoms with Gasteiger partial charge in [0.25, 0.3) is 0 Å². The van der Waals surface area contributed by atoms with Crippen LogP contribution in [0.5, 0.6) is 0 Å². The number of rotatable bonds is 9. The molecule has 11 heteroatoms. The van der Waals surface area contributed by atoms with Crippen molar-refractivity contribution in [1.82, 2.24) is 10.2 Å². The molecule has 0 heterocycles. The van der Waals surface area contributed by atoms with Crippen LogP contribution < -0.4 is 9.62 Å². The monoisotopic (exact) mass is 617 g/mol. The molecule has 1 saturated carbocycles. The number of aryl methyl sites for hydroxylation is 1. The van der Waals surface area contributed by atoms with E-state index in [1.165, 1.54) is 4.90 Å². The molecule has 2 amide bonds. The zero-order chi connectivity index (χ0) is 26.6. The molecular formula is C25H30BrCl2N3O4S. The van der Waals surface area contributed by atoms with E-state index < -0.39 is 28.5 Å². The molecule has 1 fully saturated rings. The van der Waals surface area contributed by atoms with Gasteiger partial charge in [0.1, 0.15) is 12.6 Å².